The second kappa shape index (κ2) is 6.87. The molecule has 15 heavy (non-hydrogen) atoms. The van der Waals surface area contributed by atoms with Crippen molar-refractivity contribution in [3.8, 4) is 11.8 Å². The zero-order valence-electron chi connectivity index (χ0n) is 10.3. The largest absolute Gasteiger partial charge is 0.378 e. The van der Waals surface area contributed by atoms with E-state index in [2.05, 4.69) is 16.7 Å². The molecule has 2 atom stereocenters. The predicted octanol–water partition coefficient (Wildman–Crippen LogP) is 2.15. The molecular formula is C13H23NO. The average molecular weight is 209 g/mol. The van der Waals surface area contributed by atoms with E-state index in [0.29, 0.717) is 6.10 Å². The molecule has 0 spiro atoms. The van der Waals surface area contributed by atoms with Gasteiger partial charge >= 0.3 is 0 Å². The summed E-state index contributed by atoms with van der Waals surface area (Å²) in [5.41, 5.74) is 0. The molecule has 2 aliphatic heterocycles. The number of piperidine rings is 1. The van der Waals surface area contributed by atoms with Crippen LogP contribution in [-0.4, -0.2) is 37.2 Å². The van der Waals surface area contributed by atoms with Crippen LogP contribution in [0.1, 0.15) is 33.6 Å². The lowest BCUT2D eigenvalue weighted by Gasteiger charge is -2.32. The first-order valence-electron chi connectivity index (χ1n) is 6.13. The van der Waals surface area contributed by atoms with Gasteiger partial charge in [0.05, 0.1) is 12.6 Å². The van der Waals surface area contributed by atoms with Gasteiger partial charge in [0, 0.05) is 25.6 Å². The summed E-state index contributed by atoms with van der Waals surface area (Å²) in [6.45, 7) is 10.2. The van der Waals surface area contributed by atoms with E-state index in [1.165, 1.54) is 19.4 Å². The second-order valence-electron chi connectivity index (χ2n) is 3.91. The number of nitrogens with zero attached hydrogens (tertiary/aromatic N) is 1. The van der Waals surface area contributed by atoms with Crippen LogP contribution in [0.25, 0.3) is 0 Å². The van der Waals surface area contributed by atoms with Crippen molar-refractivity contribution in [2.75, 3.05) is 26.2 Å². The second-order valence-corrected chi connectivity index (χ2v) is 3.91. The summed E-state index contributed by atoms with van der Waals surface area (Å²) in [5, 5.41) is 0. The van der Waals surface area contributed by atoms with Crippen LogP contribution in [0.5, 0.6) is 0 Å². The SMILES string of the molecule is CC.CC#CCN1CCC2OCCC2C1. The molecule has 0 aromatic rings. The van der Waals surface area contributed by atoms with Crippen LogP contribution in [0.3, 0.4) is 0 Å². The molecule has 0 aromatic heterocycles. The molecular weight excluding hydrogens is 186 g/mol. The summed E-state index contributed by atoms with van der Waals surface area (Å²) >= 11 is 0. The third kappa shape index (κ3) is 3.52. The van der Waals surface area contributed by atoms with E-state index < -0.39 is 0 Å². The number of fused-ring (bicyclic) bond motifs is 1. The maximum absolute atomic E-state index is 5.65. The highest BCUT2D eigenvalue weighted by molar-refractivity contribution is 4.99. The minimum atomic E-state index is 0.561. The van der Waals surface area contributed by atoms with Crippen molar-refractivity contribution in [3.05, 3.63) is 0 Å². The highest BCUT2D eigenvalue weighted by atomic mass is 16.5. The molecule has 0 aromatic carbocycles. The lowest BCUT2D eigenvalue weighted by atomic mass is 9.94. The first-order chi connectivity index (χ1) is 7.40. The van der Waals surface area contributed by atoms with Crippen molar-refractivity contribution in [3.63, 3.8) is 0 Å². The number of rotatable bonds is 1. The Bertz CT molecular complexity index is 228. The first-order valence-corrected chi connectivity index (χ1v) is 6.13. The summed E-state index contributed by atoms with van der Waals surface area (Å²) in [7, 11) is 0. The Morgan fingerprint density at radius 1 is 1.33 bits per heavy atom. The topological polar surface area (TPSA) is 12.5 Å². The fraction of sp³-hybridized carbons (Fsp3) is 0.846. The number of ether oxygens (including phenoxy) is 1. The lowest BCUT2D eigenvalue weighted by molar-refractivity contribution is 0.0393. The molecule has 0 amide bonds. The van der Waals surface area contributed by atoms with Crippen LogP contribution in [0.2, 0.25) is 0 Å². The molecule has 86 valence electrons. The molecule has 2 heteroatoms. The predicted molar refractivity (Wildman–Crippen MR) is 63.7 cm³/mol. The minimum Gasteiger partial charge on any atom is -0.378 e. The van der Waals surface area contributed by atoms with Crippen LogP contribution in [-0.2, 0) is 4.74 Å². The van der Waals surface area contributed by atoms with Crippen molar-refractivity contribution < 1.29 is 4.74 Å². The molecule has 0 aliphatic carbocycles. The van der Waals surface area contributed by atoms with E-state index >= 15 is 0 Å². The van der Waals surface area contributed by atoms with Crippen molar-refractivity contribution in [2.24, 2.45) is 5.92 Å². The lowest BCUT2D eigenvalue weighted by Crippen LogP contribution is -2.41. The Morgan fingerprint density at radius 3 is 2.87 bits per heavy atom. The Kier molecular flexibility index (Phi) is 5.75. The van der Waals surface area contributed by atoms with Crippen LogP contribution >= 0.6 is 0 Å². The van der Waals surface area contributed by atoms with E-state index in [4.69, 9.17) is 4.74 Å². The van der Waals surface area contributed by atoms with Gasteiger partial charge in [-0.1, -0.05) is 19.8 Å². The molecule has 2 rings (SSSR count). The van der Waals surface area contributed by atoms with E-state index in [1.54, 1.807) is 0 Å². The number of hydrogen-bond acceptors (Lipinski definition) is 2. The minimum absolute atomic E-state index is 0.561. The van der Waals surface area contributed by atoms with Gasteiger partial charge in [0.25, 0.3) is 0 Å². The van der Waals surface area contributed by atoms with Gasteiger partial charge in [-0.25, -0.2) is 0 Å². The number of hydrogen-bond donors (Lipinski definition) is 0. The third-order valence-corrected chi connectivity index (χ3v) is 3.05. The Labute approximate surface area is 94.0 Å². The van der Waals surface area contributed by atoms with Crippen molar-refractivity contribution in [1.82, 2.24) is 4.90 Å². The van der Waals surface area contributed by atoms with Gasteiger partial charge in [0.15, 0.2) is 0 Å². The summed E-state index contributed by atoms with van der Waals surface area (Å²) in [6.07, 6.45) is 3.02. The molecule has 0 saturated carbocycles. The first kappa shape index (κ1) is 12.5. The van der Waals surface area contributed by atoms with Crippen molar-refractivity contribution in [1.29, 1.82) is 0 Å². The monoisotopic (exact) mass is 209 g/mol. The van der Waals surface area contributed by atoms with Crippen LogP contribution in [0.15, 0.2) is 0 Å². The average Bonchev–Trinajstić information content (AvgIpc) is 2.76. The molecule has 0 bridgehead atoms. The van der Waals surface area contributed by atoms with Gasteiger partial charge in [-0.3, -0.25) is 4.90 Å². The Morgan fingerprint density at radius 2 is 2.13 bits per heavy atom. The van der Waals surface area contributed by atoms with Crippen LogP contribution in [0.4, 0.5) is 0 Å². The highest BCUT2D eigenvalue weighted by Crippen LogP contribution is 2.28. The fourth-order valence-corrected chi connectivity index (χ4v) is 2.29. The number of likely N-dealkylation sites (tertiary alicyclic amines) is 1. The summed E-state index contributed by atoms with van der Waals surface area (Å²) in [4.78, 5) is 2.45. The van der Waals surface area contributed by atoms with Crippen LogP contribution < -0.4 is 0 Å². The maximum atomic E-state index is 5.65. The van der Waals surface area contributed by atoms with Gasteiger partial charge in [0.2, 0.25) is 0 Å². The van der Waals surface area contributed by atoms with E-state index in [9.17, 15) is 0 Å². The van der Waals surface area contributed by atoms with Crippen molar-refractivity contribution >= 4 is 0 Å². The quantitative estimate of drug-likeness (QED) is 0.614. The molecule has 2 heterocycles. The van der Waals surface area contributed by atoms with Crippen LogP contribution in [0, 0.1) is 17.8 Å². The standard InChI is InChI=1S/C11H17NO.C2H6/c1-2-3-6-12-7-4-11-10(9-12)5-8-13-11;1-2/h10-11H,4-9H2,1H3;1-2H3. The normalized spacial score (nSPS) is 29.5. The zero-order chi connectivity index (χ0) is 11.1. The van der Waals surface area contributed by atoms with E-state index in [-0.39, 0.29) is 0 Å². The summed E-state index contributed by atoms with van der Waals surface area (Å²) in [6, 6.07) is 0. The fourth-order valence-electron chi connectivity index (χ4n) is 2.29. The molecule has 2 unspecified atom stereocenters. The summed E-state index contributed by atoms with van der Waals surface area (Å²) < 4.78 is 5.65. The molecule has 2 nitrogen and oxygen atoms in total. The third-order valence-electron chi connectivity index (χ3n) is 3.05. The summed E-state index contributed by atoms with van der Waals surface area (Å²) in [5.74, 6) is 6.87. The Balaban J connectivity index is 0.000000531. The molecule has 0 N–H and O–H groups in total. The van der Waals surface area contributed by atoms with Gasteiger partial charge in [-0.2, -0.15) is 0 Å². The molecule has 2 saturated heterocycles. The zero-order valence-corrected chi connectivity index (χ0v) is 10.3. The van der Waals surface area contributed by atoms with Gasteiger partial charge in [-0.15, -0.1) is 5.92 Å². The molecule has 2 aliphatic rings. The molecule has 2 fully saturated rings. The smallest absolute Gasteiger partial charge is 0.0628 e. The van der Waals surface area contributed by atoms with Gasteiger partial charge in [-0.05, 0) is 19.8 Å². The van der Waals surface area contributed by atoms with Gasteiger partial charge in [0.1, 0.15) is 0 Å². The van der Waals surface area contributed by atoms with E-state index in [1.807, 2.05) is 20.8 Å². The maximum Gasteiger partial charge on any atom is 0.0628 e. The highest BCUT2D eigenvalue weighted by Gasteiger charge is 2.33. The Hall–Kier alpha value is -0.520. The van der Waals surface area contributed by atoms with E-state index in [0.717, 1.165) is 25.6 Å². The van der Waals surface area contributed by atoms with Gasteiger partial charge < -0.3 is 4.74 Å². The van der Waals surface area contributed by atoms with Crippen molar-refractivity contribution in [2.45, 2.75) is 39.7 Å². The molecule has 0 radical (unpaired) electrons.